The van der Waals surface area contributed by atoms with E-state index >= 15 is 0 Å². The molecule has 4 rings (SSSR count). The molecule has 0 fully saturated rings. The maximum Gasteiger partial charge on any atom is 0.165 e. The number of halogens is 1. The Labute approximate surface area is 155 Å². The highest BCUT2D eigenvalue weighted by Gasteiger charge is 2.15. The van der Waals surface area contributed by atoms with Gasteiger partial charge in [0, 0.05) is 16.8 Å². The summed E-state index contributed by atoms with van der Waals surface area (Å²) in [5.74, 6) is 1.36. The Morgan fingerprint density at radius 2 is 1.85 bits per heavy atom. The van der Waals surface area contributed by atoms with Crippen LogP contribution in [0.3, 0.4) is 0 Å². The zero-order valence-electron chi connectivity index (χ0n) is 14.1. The van der Waals surface area contributed by atoms with Crippen molar-refractivity contribution in [2.24, 2.45) is 0 Å². The van der Waals surface area contributed by atoms with E-state index in [9.17, 15) is 0 Å². The third-order valence-electron chi connectivity index (χ3n) is 4.10. The van der Waals surface area contributed by atoms with Gasteiger partial charge in [0.2, 0.25) is 0 Å². The van der Waals surface area contributed by atoms with Crippen LogP contribution in [-0.4, -0.2) is 20.2 Å². The number of hydrogen-bond donors (Lipinski definition) is 3. The topological polar surface area (TPSA) is 78.5 Å². The molecule has 0 saturated heterocycles. The number of aromatic nitrogens is 4. The maximum atomic E-state index is 6.07. The number of nitrogens with one attached hydrogen (secondary N) is 3. The second-order valence-electron chi connectivity index (χ2n) is 5.93. The normalized spacial score (nSPS) is 12.1. The summed E-state index contributed by atoms with van der Waals surface area (Å²) < 4.78 is 0. The number of nitrogens with zero attached hydrogens (tertiary/aromatic N) is 3. The number of fused-ring (bicyclic) bond motifs is 1. The van der Waals surface area contributed by atoms with Gasteiger partial charge in [0.15, 0.2) is 11.5 Å². The Balaban J connectivity index is 1.68. The molecule has 26 heavy (non-hydrogen) atoms. The summed E-state index contributed by atoms with van der Waals surface area (Å²) in [6.45, 7) is 2.09. The lowest BCUT2D eigenvalue weighted by Crippen LogP contribution is -2.08. The first-order valence-corrected chi connectivity index (χ1v) is 8.61. The average molecular weight is 365 g/mol. The molecule has 0 radical (unpaired) electrons. The van der Waals surface area contributed by atoms with Gasteiger partial charge < -0.3 is 10.6 Å². The molecule has 0 bridgehead atoms. The molecule has 7 heteroatoms. The molecule has 0 amide bonds. The predicted octanol–water partition coefficient (Wildman–Crippen LogP) is 4.92. The van der Waals surface area contributed by atoms with E-state index in [-0.39, 0.29) is 6.04 Å². The van der Waals surface area contributed by atoms with Crippen LogP contribution in [0.2, 0.25) is 5.02 Å². The van der Waals surface area contributed by atoms with Crippen LogP contribution in [0.5, 0.6) is 0 Å². The molecule has 0 unspecified atom stereocenters. The number of aromatic amines is 1. The fraction of sp³-hybridized carbons (Fsp3) is 0.105. The lowest BCUT2D eigenvalue weighted by atomic mass is 10.1. The lowest BCUT2D eigenvalue weighted by molar-refractivity contribution is 0.876. The first kappa shape index (κ1) is 16.4. The van der Waals surface area contributed by atoms with Gasteiger partial charge in [0.25, 0.3) is 0 Å². The Bertz CT molecular complexity index is 1030. The molecule has 0 spiro atoms. The van der Waals surface area contributed by atoms with Gasteiger partial charge in [-0.15, -0.1) is 0 Å². The van der Waals surface area contributed by atoms with E-state index in [1.807, 2.05) is 42.5 Å². The minimum Gasteiger partial charge on any atom is -0.363 e. The van der Waals surface area contributed by atoms with Crippen LogP contribution >= 0.6 is 11.6 Å². The van der Waals surface area contributed by atoms with Gasteiger partial charge >= 0.3 is 0 Å². The third kappa shape index (κ3) is 3.32. The summed E-state index contributed by atoms with van der Waals surface area (Å²) >= 11 is 6.07. The van der Waals surface area contributed by atoms with Crippen molar-refractivity contribution in [3.8, 4) is 0 Å². The van der Waals surface area contributed by atoms with Crippen LogP contribution in [0.4, 0.5) is 17.3 Å². The summed E-state index contributed by atoms with van der Waals surface area (Å²) in [5.41, 5.74) is 2.68. The van der Waals surface area contributed by atoms with Crippen molar-refractivity contribution >= 4 is 40.0 Å². The minimum atomic E-state index is 0.0863. The summed E-state index contributed by atoms with van der Waals surface area (Å²) in [6, 6.07) is 17.8. The van der Waals surface area contributed by atoms with Crippen molar-refractivity contribution in [3.63, 3.8) is 0 Å². The molecule has 0 saturated carbocycles. The minimum absolute atomic E-state index is 0.0863. The Hall–Kier alpha value is -3.12. The summed E-state index contributed by atoms with van der Waals surface area (Å²) in [6.07, 6.45) is 1.52. The van der Waals surface area contributed by atoms with Crippen LogP contribution in [0.25, 0.3) is 11.0 Å². The van der Waals surface area contributed by atoms with Crippen molar-refractivity contribution in [1.29, 1.82) is 0 Å². The third-order valence-corrected chi connectivity index (χ3v) is 4.33. The Morgan fingerprint density at radius 3 is 2.65 bits per heavy atom. The molecule has 0 aliphatic heterocycles. The smallest absolute Gasteiger partial charge is 0.165 e. The fourth-order valence-corrected chi connectivity index (χ4v) is 2.98. The molecular formula is C19H17ClN6. The van der Waals surface area contributed by atoms with Crippen molar-refractivity contribution in [1.82, 2.24) is 20.2 Å². The molecule has 0 aliphatic carbocycles. The van der Waals surface area contributed by atoms with E-state index in [2.05, 4.69) is 49.9 Å². The quantitative estimate of drug-likeness (QED) is 0.468. The van der Waals surface area contributed by atoms with Crippen molar-refractivity contribution in [2.75, 3.05) is 10.6 Å². The zero-order valence-corrected chi connectivity index (χ0v) is 14.8. The maximum absolute atomic E-state index is 6.07. The number of anilines is 3. The van der Waals surface area contributed by atoms with Crippen LogP contribution < -0.4 is 10.6 Å². The van der Waals surface area contributed by atoms with E-state index in [1.165, 1.54) is 11.9 Å². The predicted molar refractivity (Wildman–Crippen MR) is 105 cm³/mol. The highest BCUT2D eigenvalue weighted by atomic mass is 35.5. The zero-order chi connectivity index (χ0) is 17.9. The molecule has 4 aromatic rings. The van der Waals surface area contributed by atoms with Crippen LogP contribution in [-0.2, 0) is 0 Å². The molecule has 0 aliphatic rings. The highest BCUT2D eigenvalue weighted by Crippen LogP contribution is 2.30. The molecule has 6 nitrogen and oxygen atoms in total. The van der Waals surface area contributed by atoms with Crippen molar-refractivity contribution in [3.05, 3.63) is 71.5 Å². The molecule has 130 valence electrons. The van der Waals surface area contributed by atoms with Gasteiger partial charge in [0.05, 0.1) is 0 Å². The number of rotatable bonds is 5. The number of benzene rings is 2. The van der Waals surface area contributed by atoms with Crippen molar-refractivity contribution < 1.29 is 0 Å². The summed E-state index contributed by atoms with van der Waals surface area (Å²) in [5, 5.41) is 15.5. The molecule has 2 aromatic carbocycles. The van der Waals surface area contributed by atoms with Crippen molar-refractivity contribution in [2.45, 2.75) is 13.0 Å². The summed E-state index contributed by atoms with van der Waals surface area (Å²) in [4.78, 5) is 8.68. The van der Waals surface area contributed by atoms with Crippen LogP contribution in [0.15, 0.2) is 60.9 Å². The van der Waals surface area contributed by atoms with Crippen LogP contribution in [0, 0.1) is 0 Å². The van der Waals surface area contributed by atoms with Crippen LogP contribution in [0.1, 0.15) is 18.5 Å². The number of hydrogen-bond acceptors (Lipinski definition) is 5. The van der Waals surface area contributed by atoms with Gasteiger partial charge in [0.1, 0.15) is 17.5 Å². The number of H-pyrrole nitrogens is 1. The molecule has 3 N–H and O–H groups in total. The Morgan fingerprint density at radius 1 is 1.00 bits per heavy atom. The van der Waals surface area contributed by atoms with E-state index in [1.54, 1.807) is 0 Å². The van der Waals surface area contributed by atoms with Gasteiger partial charge in [-0.05, 0) is 30.7 Å². The molecule has 1 atom stereocenters. The standard InChI is InChI=1S/C19H17ClN6/c1-12(13-6-3-2-4-7-13)23-17-16-18(22-11-21-17)25-26-19(16)24-15-9-5-8-14(20)10-15/h2-12H,1H3,(H3,21,22,23,24,25,26)/t12-/m1/s1. The molecule has 2 heterocycles. The molecule has 2 aromatic heterocycles. The van der Waals surface area contributed by atoms with E-state index in [0.717, 1.165) is 11.1 Å². The van der Waals surface area contributed by atoms with E-state index in [0.29, 0.717) is 22.3 Å². The monoisotopic (exact) mass is 364 g/mol. The van der Waals surface area contributed by atoms with Gasteiger partial charge in [-0.2, -0.15) is 5.10 Å². The Kier molecular flexibility index (Phi) is 4.41. The van der Waals surface area contributed by atoms with Gasteiger partial charge in [-0.25, -0.2) is 9.97 Å². The first-order chi connectivity index (χ1) is 12.7. The average Bonchev–Trinajstić information content (AvgIpc) is 3.06. The SMILES string of the molecule is C[C@@H](Nc1ncnc2[nH]nc(Nc3cccc(Cl)c3)c12)c1ccccc1. The van der Waals surface area contributed by atoms with E-state index in [4.69, 9.17) is 11.6 Å². The highest BCUT2D eigenvalue weighted by molar-refractivity contribution is 6.30. The fourth-order valence-electron chi connectivity index (χ4n) is 2.79. The van der Waals surface area contributed by atoms with Gasteiger partial charge in [-0.1, -0.05) is 48.0 Å². The van der Waals surface area contributed by atoms with E-state index < -0.39 is 0 Å². The lowest BCUT2D eigenvalue weighted by Gasteiger charge is -2.15. The summed E-state index contributed by atoms with van der Waals surface area (Å²) in [7, 11) is 0. The largest absolute Gasteiger partial charge is 0.363 e. The molecular weight excluding hydrogens is 348 g/mol. The second-order valence-corrected chi connectivity index (χ2v) is 6.37. The second kappa shape index (κ2) is 7.01. The first-order valence-electron chi connectivity index (χ1n) is 8.24. The van der Waals surface area contributed by atoms with Gasteiger partial charge in [-0.3, -0.25) is 5.10 Å².